The molecule has 2 aromatic carbocycles. The number of nitrogens with zero attached hydrogens (tertiary/aromatic N) is 1. The number of esters is 1. The zero-order chi connectivity index (χ0) is 32.6. The first kappa shape index (κ1) is 34.5. The third-order valence-electron chi connectivity index (χ3n) is 6.94. The van der Waals surface area contributed by atoms with E-state index in [4.69, 9.17) is 9.84 Å². The van der Waals surface area contributed by atoms with E-state index in [0.717, 1.165) is 11.3 Å². The van der Waals surface area contributed by atoms with Crippen LogP contribution >= 0.6 is 0 Å². The summed E-state index contributed by atoms with van der Waals surface area (Å²) in [7, 11) is 0. The van der Waals surface area contributed by atoms with Gasteiger partial charge < -0.3 is 29.9 Å². The molecule has 0 spiro atoms. The van der Waals surface area contributed by atoms with Crippen molar-refractivity contribution in [1.82, 2.24) is 9.88 Å². The summed E-state index contributed by atoms with van der Waals surface area (Å²) in [6.45, 7) is 9.22. The Bertz CT molecular complexity index is 1430. The zero-order valence-electron chi connectivity index (χ0n) is 26.0. The summed E-state index contributed by atoms with van der Waals surface area (Å²) in [6, 6.07) is 15.1. The van der Waals surface area contributed by atoms with Gasteiger partial charge in [-0.15, -0.1) is 0 Å². The van der Waals surface area contributed by atoms with Crippen molar-refractivity contribution in [3.8, 4) is 22.3 Å². The number of carbonyl (C=O) groups excluding carboxylic acids is 2. The lowest BCUT2D eigenvalue weighted by atomic mass is 9.92. The Labute approximate surface area is 257 Å². The molecule has 0 radical (unpaired) electrons. The molecule has 0 bridgehead atoms. The summed E-state index contributed by atoms with van der Waals surface area (Å²) in [5.41, 5.74) is 3.16. The predicted octanol–water partition coefficient (Wildman–Crippen LogP) is 5.52. The molecule has 4 N–H and O–H groups in total. The van der Waals surface area contributed by atoms with Crippen molar-refractivity contribution in [3.63, 3.8) is 0 Å². The monoisotopic (exact) mass is 610 g/mol. The van der Waals surface area contributed by atoms with Crippen LogP contribution in [0.3, 0.4) is 0 Å². The lowest BCUT2D eigenvalue weighted by Crippen LogP contribution is -2.31. The molecule has 3 rings (SSSR count). The smallest absolute Gasteiger partial charge is 0.308 e. The maximum Gasteiger partial charge on any atom is 0.308 e. The Hall–Kier alpha value is -4.02. The molecule has 0 aliphatic carbocycles. The average Bonchev–Trinajstić information content (AvgIpc) is 3.27. The van der Waals surface area contributed by atoms with Crippen LogP contribution in [0.15, 0.2) is 54.6 Å². The zero-order valence-corrected chi connectivity index (χ0v) is 26.0. The standard InChI is InChI=1S/C34H43FN2O7/c1-21(2)37-27(16-15-25(38)19-26(39)20-28(40)41)30(23-11-13-24(35)14-12-23)31(22-9-7-6-8-10-22)32(37)33(43)36-18-17-29(42)44-34(3,4)5/h6-14,21,25-26,38-39H,15-20H2,1-5H3,(H,36,43)(H,40,41)/t25-,26-/m1/s1. The third-order valence-corrected chi connectivity index (χ3v) is 6.94. The second kappa shape index (κ2) is 15.1. The Balaban J connectivity index is 2.12. The maximum atomic E-state index is 14.0. The molecule has 238 valence electrons. The molecule has 1 amide bonds. The molecule has 0 unspecified atom stereocenters. The number of rotatable bonds is 14. The Kier molecular flexibility index (Phi) is 11.8. The molecular weight excluding hydrogens is 567 g/mol. The second-order valence-electron chi connectivity index (χ2n) is 12.2. The van der Waals surface area contributed by atoms with Gasteiger partial charge in [0.1, 0.15) is 17.1 Å². The number of aromatic nitrogens is 1. The van der Waals surface area contributed by atoms with E-state index < -0.39 is 47.9 Å². The van der Waals surface area contributed by atoms with Crippen molar-refractivity contribution in [3.05, 3.63) is 71.8 Å². The minimum Gasteiger partial charge on any atom is -0.481 e. The van der Waals surface area contributed by atoms with Gasteiger partial charge in [-0.2, -0.15) is 0 Å². The lowest BCUT2D eigenvalue weighted by Gasteiger charge is -2.20. The van der Waals surface area contributed by atoms with E-state index in [2.05, 4.69) is 5.32 Å². The first-order chi connectivity index (χ1) is 20.7. The fraction of sp³-hybridized carbons (Fsp3) is 0.441. The van der Waals surface area contributed by atoms with Gasteiger partial charge in [0.2, 0.25) is 0 Å². The molecular formula is C34H43FN2O7. The summed E-state index contributed by atoms with van der Waals surface area (Å²) >= 11 is 0. The summed E-state index contributed by atoms with van der Waals surface area (Å²) in [4.78, 5) is 37.3. The largest absolute Gasteiger partial charge is 0.481 e. The molecule has 0 fully saturated rings. The van der Waals surface area contributed by atoms with Gasteiger partial charge >= 0.3 is 11.9 Å². The van der Waals surface area contributed by atoms with Gasteiger partial charge in [0.15, 0.2) is 0 Å². The number of nitrogens with one attached hydrogen (secondary N) is 1. The number of halogens is 1. The number of carboxylic acids is 1. The minimum absolute atomic E-state index is 0.0192. The maximum absolute atomic E-state index is 14.0. The number of aliphatic carboxylic acids is 1. The van der Waals surface area contributed by atoms with E-state index in [1.807, 2.05) is 48.7 Å². The van der Waals surface area contributed by atoms with Crippen molar-refractivity contribution in [2.24, 2.45) is 0 Å². The van der Waals surface area contributed by atoms with Crippen molar-refractivity contribution >= 4 is 17.8 Å². The predicted molar refractivity (Wildman–Crippen MR) is 166 cm³/mol. The Morgan fingerprint density at radius 1 is 0.932 bits per heavy atom. The molecule has 0 saturated carbocycles. The van der Waals surface area contributed by atoms with Crippen molar-refractivity contribution in [1.29, 1.82) is 0 Å². The van der Waals surface area contributed by atoms with E-state index in [1.54, 1.807) is 32.9 Å². The topological polar surface area (TPSA) is 138 Å². The number of aliphatic hydroxyl groups excluding tert-OH is 2. The van der Waals surface area contributed by atoms with E-state index in [9.17, 15) is 29.0 Å². The highest BCUT2D eigenvalue weighted by molar-refractivity contribution is 6.05. The molecule has 0 aliphatic heterocycles. The average molecular weight is 611 g/mol. The highest BCUT2D eigenvalue weighted by atomic mass is 19.1. The van der Waals surface area contributed by atoms with Crippen LogP contribution in [-0.2, 0) is 20.7 Å². The summed E-state index contributed by atoms with van der Waals surface area (Å²) in [6.07, 6.45) is -2.38. The van der Waals surface area contributed by atoms with Gasteiger partial charge in [0.05, 0.1) is 25.0 Å². The Morgan fingerprint density at radius 3 is 2.11 bits per heavy atom. The quantitative estimate of drug-likeness (QED) is 0.176. The number of hydrogen-bond donors (Lipinski definition) is 4. The molecule has 0 aliphatic rings. The first-order valence-corrected chi connectivity index (χ1v) is 14.8. The molecule has 1 aromatic heterocycles. The summed E-state index contributed by atoms with van der Waals surface area (Å²) in [5, 5.41) is 32.7. The number of aliphatic hydroxyl groups is 2. The number of benzene rings is 2. The van der Waals surface area contributed by atoms with Crippen molar-refractivity contribution in [2.45, 2.75) is 90.6 Å². The van der Waals surface area contributed by atoms with Crippen molar-refractivity contribution < 1.29 is 38.8 Å². The number of carboxylic acid groups (broad SMARTS) is 1. The van der Waals surface area contributed by atoms with Gasteiger partial charge in [-0.05, 0) is 77.1 Å². The normalized spacial score (nSPS) is 13.0. The van der Waals surface area contributed by atoms with Gasteiger partial charge in [0, 0.05) is 29.4 Å². The molecule has 44 heavy (non-hydrogen) atoms. The second-order valence-corrected chi connectivity index (χ2v) is 12.2. The molecule has 9 nitrogen and oxygen atoms in total. The third kappa shape index (κ3) is 9.49. The lowest BCUT2D eigenvalue weighted by molar-refractivity contribution is -0.154. The van der Waals surface area contributed by atoms with Crippen LogP contribution in [0.4, 0.5) is 4.39 Å². The summed E-state index contributed by atoms with van der Waals surface area (Å²) in [5.74, 6) is -2.42. The van der Waals surface area contributed by atoms with Gasteiger partial charge in [-0.1, -0.05) is 42.5 Å². The van der Waals surface area contributed by atoms with Crippen molar-refractivity contribution in [2.75, 3.05) is 6.54 Å². The SMILES string of the molecule is CC(C)n1c(CC[C@@H](O)C[C@@H](O)CC(=O)O)c(-c2ccc(F)cc2)c(-c2ccccc2)c1C(=O)NCCC(=O)OC(C)(C)C. The number of carbonyl (C=O) groups is 3. The highest BCUT2D eigenvalue weighted by Gasteiger charge is 2.30. The van der Waals surface area contributed by atoms with Gasteiger partial charge in [0.25, 0.3) is 5.91 Å². The molecule has 2 atom stereocenters. The molecule has 0 saturated heterocycles. The van der Waals surface area contributed by atoms with Crippen LogP contribution in [0.2, 0.25) is 0 Å². The fourth-order valence-corrected chi connectivity index (χ4v) is 5.26. The molecule has 3 aromatic rings. The number of ether oxygens (including phenoxy) is 1. The van der Waals surface area contributed by atoms with Gasteiger partial charge in [-0.3, -0.25) is 14.4 Å². The first-order valence-electron chi connectivity index (χ1n) is 14.8. The van der Waals surface area contributed by atoms with Gasteiger partial charge in [-0.25, -0.2) is 4.39 Å². The van der Waals surface area contributed by atoms with Crippen LogP contribution in [0.5, 0.6) is 0 Å². The number of amides is 1. The molecule has 10 heteroatoms. The van der Waals surface area contributed by atoms with E-state index in [0.29, 0.717) is 22.4 Å². The van der Waals surface area contributed by atoms with Crippen LogP contribution in [0.1, 0.15) is 82.5 Å². The van der Waals surface area contributed by atoms with E-state index in [1.165, 1.54) is 12.1 Å². The van der Waals surface area contributed by atoms with Crippen LogP contribution < -0.4 is 5.32 Å². The van der Waals surface area contributed by atoms with E-state index >= 15 is 0 Å². The molecule has 1 heterocycles. The fourth-order valence-electron chi connectivity index (χ4n) is 5.26. The highest BCUT2D eigenvalue weighted by Crippen LogP contribution is 2.42. The van der Waals surface area contributed by atoms with Crippen LogP contribution in [0, 0.1) is 5.82 Å². The van der Waals surface area contributed by atoms with Crippen LogP contribution in [-0.4, -0.2) is 62.1 Å². The van der Waals surface area contributed by atoms with E-state index in [-0.39, 0.29) is 38.3 Å². The Morgan fingerprint density at radius 2 is 1.55 bits per heavy atom. The minimum atomic E-state index is -1.21. The number of hydrogen-bond acceptors (Lipinski definition) is 6. The summed E-state index contributed by atoms with van der Waals surface area (Å²) < 4.78 is 21.3. The van der Waals surface area contributed by atoms with Crippen LogP contribution in [0.25, 0.3) is 22.3 Å².